The molecule has 0 fully saturated rings. The van der Waals surface area contributed by atoms with Gasteiger partial charge in [-0.25, -0.2) is 4.39 Å². The van der Waals surface area contributed by atoms with Crippen molar-refractivity contribution in [3.63, 3.8) is 0 Å². The first-order valence-corrected chi connectivity index (χ1v) is 6.64. The van der Waals surface area contributed by atoms with E-state index in [4.69, 9.17) is 21.8 Å². The molecule has 102 valence electrons. The van der Waals surface area contributed by atoms with E-state index >= 15 is 0 Å². The molecule has 3 aromatic rings. The lowest BCUT2D eigenvalue weighted by atomic mass is 10.0. The van der Waals surface area contributed by atoms with E-state index in [2.05, 4.69) is 0 Å². The molecule has 2 nitrogen and oxygen atoms in total. The third-order valence-electron chi connectivity index (χ3n) is 3.38. The summed E-state index contributed by atoms with van der Waals surface area (Å²) in [5.74, 6) is 0.0914. The Bertz CT molecular complexity index is 781. The van der Waals surface area contributed by atoms with Crippen LogP contribution in [-0.2, 0) is 0 Å². The minimum Gasteiger partial charge on any atom is -0.459 e. The molecule has 0 aliphatic heterocycles. The summed E-state index contributed by atoms with van der Waals surface area (Å²) in [6.45, 7) is 1.97. The number of benzene rings is 2. The Morgan fingerprint density at radius 3 is 2.70 bits per heavy atom. The standard InChI is InChI=1S/C16H13ClFNO/c1-9-4-2-5-10-8-13(20-16(9)10)15(19)11-6-3-7-12(18)14(11)17/h2-8,15H,19H2,1H3. The molecule has 1 unspecified atom stereocenters. The summed E-state index contributed by atoms with van der Waals surface area (Å²) in [6, 6.07) is 11.8. The Morgan fingerprint density at radius 1 is 1.20 bits per heavy atom. The van der Waals surface area contributed by atoms with Gasteiger partial charge in [-0.2, -0.15) is 0 Å². The van der Waals surface area contributed by atoms with Crippen LogP contribution in [0.2, 0.25) is 5.02 Å². The Hall–Kier alpha value is -1.84. The molecule has 1 heterocycles. The smallest absolute Gasteiger partial charge is 0.142 e. The van der Waals surface area contributed by atoms with Gasteiger partial charge < -0.3 is 10.2 Å². The van der Waals surface area contributed by atoms with Gasteiger partial charge in [-0.05, 0) is 30.2 Å². The predicted octanol–water partition coefficient (Wildman–Crippen LogP) is 4.58. The van der Waals surface area contributed by atoms with Crippen LogP contribution in [0.15, 0.2) is 46.9 Å². The molecule has 0 saturated heterocycles. The zero-order chi connectivity index (χ0) is 14.3. The second-order valence-corrected chi connectivity index (χ2v) is 5.14. The molecule has 0 aliphatic rings. The first-order valence-electron chi connectivity index (χ1n) is 6.26. The average Bonchev–Trinajstić information content (AvgIpc) is 2.87. The van der Waals surface area contributed by atoms with E-state index in [1.165, 1.54) is 6.07 Å². The van der Waals surface area contributed by atoms with Gasteiger partial charge >= 0.3 is 0 Å². The first-order chi connectivity index (χ1) is 9.58. The number of halogens is 2. The monoisotopic (exact) mass is 289 g/mol. The zero-order valence-electron chi connectivity index (χ0n) is 10.9. The number of furan rings is 1. The van der Waals surface area contributed by atoms with Crippen LogP contribution < -0.4 is 5.73 Å². The first kappa shape index (κ1) is 13.2. The van der Waals surface area contributed by atoms with Crippen molar-refractivity contribution < 1.29 is 8.81 Å². The van der Waals surface area contributed by atoms with E-state index in [1.807, 2.05) is 31.2 Å². The Kier molecular flexibility index (Phi) is 3.24. The van der Waals surface area contributed by atoms with Crippen molar-refractivity contribution in [1.29, 1.82) is 0 Å². The Balaban J connectivity index is 2.10. The summed E-state index contributed by atoms with van der Waals surface area (Å²) >= 11 is 5.97. The number of rotatable bonds is 2. The van der Waals surface area contributed by atoms with Crippen LogP contribution >= 0.6 is 11.6 Å². The fraction of sp³-hybridized carbons (Fsp3) is 0.125. The number of aryl methyl sites for hydroxylation is 1. The highest BCUT2D eigenvalue weighted by molar-refractivity contribution is 6.31. The van der Waals surface area contributed by atoms with Crippen molar-refractivity contribution in [3.8, 4) is 0 Å². The molecule has 2 N–H and O–H groups in total. The molecular weight excluding hydrogens is 277 g/mol. The lowest BCUT2D eigenvalue weighted by Gasteiger charge is -2.11. The van der Waals surface area contributed by atoms with E-state index in [0.29, 0.717) is 11.3 Å². The lowest BCUT2D eigenvalue weighted by Crippen LogP contribution is -2.11. The Morgan fingerprint density at radius 2 is 1.95 bits per heavy atom. The maximum Gasteiger partial charge on any atom is 0.142 e. The van der Waals surface area contributed by atoms with Gasteiger partial charge in [0.1, 0.15) is 17.2 Å². The van der Waals surface area contributed by atoms with Gasteiger partial charge in [-0.15, -0.1) is 0 Å². The van der Waals surface area contributed by atoms with Crippen LogP contribution in [0.1, 0.15) is 22.9 Å². The van der Waals surface area contributed by atoms with Gasteiger partial charge in [0, 0.05) is 5.39 Å². The van der Waals surface area contributed by atoms with Gasteiger partial charge in [0.05, 0.1) is 11.1 Å². The SMILES string of the molecule is Cc1cccc2cc(C(N)c3cccc(F)c3Cl)oc12. The second-order valence-electron chi connectivity index (χ2n) is 4.76. The highest BCUT2D eigenvalue weighted by Gasteiger charge is 2.19. The molecule has 1 atom stereocenters. The molecule has 20 heavy (non-hydrogen) atoms. The lowest BCUT2D eigenvalue weighted by molar-refractivity contribution is 0.522. The van der Waals surface area contributed by atoms with E-state index in [0.717, 1.165) is 16.5 Å². The van der Waals surface area contributed by atoms with E-state index < -0.39 is 11.9 Å². The highest BCUT2D eigenvalue weighted by Crippen LogP contribution is 2.32. The summed E-state index contributed by atoms with van der Waals surface area (Å²) in [6.07, 6.45) is 0. The minimum absolute atomic E-state index is 0.0391. The van der Waals surface area contributed by atoms with Gasteiger partial charge in [0.2, 0.25) is 0 Å². The van der Waals surface area contributed by atoms with Crippen molar-refractivity contribution in [2.75, 3.05) is 0 Å². The molecule has 0 radical (unpaired) electrons. The summed E-state index contributed by atoms with van der Waals surface area (Å²) in [7, 11) is 0. The maximum absolute atomic E-state index is 13.5. The molecule has 0 amide bonds. The van der Waals surface area contributed by atoms with E-state index in [9.17, 15) is 4.39 Å². The third kappa shape index (κ3) is 2.09. The minimum atomic E-state index is -0.593. The topological polar surface area (TPSA) is 39.2 Å². The van der Waals surface area contributed by atoms with Gasteiger partial charge in [0.25, 0.3) is 0 Å². The van der Waals surface area contributed by atoms with Crippen molar-refractivity contribution in [1.82, 2.24) is 0 Å². The normalized spacial score (nSPS) is 12.8. The van der Waals surface area contributed by atoms with Crippen LogP contribution in [0, 0.1) is 12.7 Å². The van der Waals surface area contributed by atoms with Crippen LogP contribution in [-0.4, -0.2) is 0 Å². The van der Waals surface area contributed by atoms with Crippen molar-refractivity contribution in [3.05, 3.63) is 70.2 Å². The summed E-state index contributed by atoms with van der Waals surface area (Å²) in [4.78, 5) is 0. The zero-order valence-corrected chi connectivity index (χ0v) is 11.6. The van der Waals surface area contributed by atoms with E-state index in [1.54, 1.807) is 12.1 Å². The molecule has 0 bridgehead atoms. The van der Waals surface area contributed by atoms with Gasteiger partial charge in [0.15, 0.2) is 0 Å². The molecular formula is C16H13ClFNO. The quantitative estimate of drug-likeness (QED) is 0.750. The molecule has 4 heteroatoms. The van der Waals surface area contributed by atoms with Crippen molar-refractivity contribution >= 4 is 22.6 Å². The maximum atomic E-state index is 13.5. The molecule has 1 aromatic heterocycles. The Labute approximate surface area is 121 Å². The number of fused-ring (bicyclic) bond motifs is 1. The van der Waals surface area contributed by atoms with Crippen LogP contribution in [0.4, 0.5) is 4.39 Å². The molecule has 0 saturated carbocycles. The number of para-hydroxylation sites is 1. The summed E-state index contributed by atoms with van der Waals surface area (Å²) < 4.78 is 19.3. The molecule has 3 rings (SSSR count). The fourth-order valence-electron chi connectivity index (χ4n) is 2.30. The van der Waals surface area contributed by atoms with E-state index in [-0.39, 0.29) is 5.02 Å². The fourth-order valence-corrected chi connectivity index (χ4v) is 2.54. The van der Waals surface area contributed by atoms with Crippen molar-refractivity contribution in [2.24, 2.45) is 5.73 Å². The second kappa shape index (κ2) is 4.93. The predicted molar refractivity (Wildman–Crippen MR) is 78.4 cm³/mol. The van der Waals surface area contributed by atoms with Crippen LogP contribution in [0.5, 0.6) is 0 Å². The summed E-state index contributed by atoms with van der Waals surface area (Å²) in [5.41, 5.74) is 8.50. The third-order valence-corrected chi connectivity index (χ3v) is 3.78. The number of hydrogen-bond donors (Lipinski definition) is 1. The molecule has 0 spiro atoms. The van der Waals surface area contributed by atoms with Crippen LogP contribution in [0.25, 0.3) is 11.0 Å². The molecule has 0 aliphatic carbocycles. The van der Waals surface area contributed by atoms with Crippen molar-refractivity contribution in [2.45, 2.75) is 13.0 Å². The van der Waals surface area contributed by atoms with Gasteiger partial charge in [-0.1, -0.05) is 41.9 Å². The van der Waals surface area contributed by atoms with Crippen LogP contribution in [0.3, 0.4) is 0 Å². The highest BCUT2D eigenvalue weighted by atomic mass is 35.5. The van der Waals surface area contributed by atoms with Gasteiger partial charge in [-0.3, -0.25) is 0 Å². The largest absolute Gasteiger partial charge is 0.459 e. The number of hydrogen-bond acceptors (Lipinski definition) is 2. The summed E-state index contributed by atoms with van der Waals surface area (Å²) in [5, 5.41) is 1.01. The average molecular weight is 290 g/mol. The molecule has 2 aromatic carbocycles. The number of nitrogens with two attached hydrogens (primary N) is 1.